The Morgan fingerprint density at radius 2 is 2.12 bits per heavy atom. The Morgan fingerprint density at radius 1 is 1.41 bits per heavy atom. The van der Waals surface area contributed by atoms with Gasteiger partial charge >= 0.3 is 0 Å². The monoisotopic (exact) mass is 239 g/mol. The largest absolute Gasteiger partial charge is 0.372 e. The van der Waals surface area contributed by atoms with Gasteiger partial charge in [0.25, 0.3) is 0 Å². The van der Waals surface area contributed by atoms with Crippen LogP contribution in [0.3, 0.4) is 0 Å². The Hall–Kier alpha value is -1.09. The van der Waals surface area contributed by atoms with Crippen LogP contribution < -0.4 is 5.32 Å². The Bertz CT molecular complexity index is 238. The summed E-state index contributed by atoms with van der Waals surface area (Å²) in [5.41, 5.74) is 0. The van der Waals surface area contributed by atoms with Crippen LogP contribution in [0, 0.1) is 0 Å². The second-order valence-electron chi connectivity index (χ2n) is 4.12. The summed E-state index contributed by atoms with van der Waals surface area (Å²) in [4.78, 5) is 11.1. The molecule has 0 aliphatic rings. The minimum absolute atomic E-state index is 0.0130. The molecule has 3 nitrogen and oxygen atoms in total. The van der Waals surface area contributed by atoms with Crippen LogP contribution in [0.2, 0.25) is 0 Å². The van der Waals surface area contributed by atoms with Crippen molar-refractivity contribution < 1.29 is 9.53 Å². The molecular formula is C14H25NO2. The minimum atomic E-state index is -0.121. The van der Waals surface area contributed by atoms with Crippen molar-refractivity contribution in [2.24, 2.45) is 0 Å². The first-order valence-electron chi connectivity index (χ1n) is 6.27. The third-order valence-corrected chi connectivity index (χ3v) is 2.54. The lowest BCUT2D eigenvalue weighted by atomic mass is 10.0. The van der Waals surface area contributed by atoms with Gasteiger partial charge in [-0.2, -0.15) is 0 Å². The van der Waals surface area contributed by atoms with E-state index < -0.39 is 0 Å². The third-order valence-electron chi connectivity index (χ3n) is 2.54. The average molecular weight is 239 g/mol. The normalized spacial score (nSPS) is 13.8. The number of rotatable bonds is 10. The molecule has 17 heavy (non-hydrogen) atoms. The summed E-state index contributed by atoms with van der Waals surface area (Å²) >= 11 is 0. The summed E-state index contributed by atoms with van der Waals surface area (Å²) in [7, 11) is 0. The Balaban J connectivity index is 4.32. The third kappa shape index (κ3) is 7.75. The maximum absolute atomic E-state index is 11.1. The summed E-state index contributed by atoms with van der Waals surface area (Å²) in [6.07, 6.45) is 7.83. The Kier molecular flexibility index (Phi) is 9.44. The first-order valence-corrected chi connectivity index (χ1v) is 6.27. The molecule has 0 aromatic rings. The standard InChI is InChI=1S/C14H25NO2/c1-5-8-9-10-14(17-11-6-2)13(7-3)15-12(4)16/h6-7,13-14H,2-3,5,8-11H2,1,4H3,(H,15,16)/t13-,14+/m1/s1. The molecule has 2 atom stereocenters. The Labute approximate surface area is 105 Å². The zero-order chi connectivity index (χ0) is 13.1. The fourth-order valence-corrected chi connectivity index (χ4v) is 1.69. The fraction of sp³-hybridized carbons (Fsp3) is 0.643. The van der Waals surface area contributed by atoms with Crippen LogP contribution in [0.4, 0.5) is 0 Å². The molecule has 0 saturated carbocycles. The van der Waals surface area contributed by atoms with Crippen molar-refractivity contribution in [1.82, 2.24) is 5.32 Å². The van der Waals surface area contributed by atoms with Gasteiger partial charge in [-0.15, -0.1) is 13.2 Å². The quantitative estimate of drug-likeness (QED) is 0.470. The highest BCUT2D eigenvalue weighted by Gasteiger charge is 2.19. The van der Waals surface area contributed by atoms with Crippen molar-refractivity contribution in [3.8, 4) is 0 Å². The predicted molar refractivity (Wildman–Crippen MR) is 71.9 cm³/mol. The number of carbonyl (C=O) groups is 1. The van der Waals surface area contributed by atoms with Gasteiger partial charge in [0.05, 0.1) is 18.8 Å². The lowest BCUT2D eigenvalue weighted by Crippen LogP contribution is -2.42. The molecule has 0 rings (SSSR count). The van der Waals surface area contributed by atoms with Crippen LogP contribution in [0.1, 0.15) is 39.5 Å². The fourth-order valence-electron chi connectivity index (χ4n) is 1.69. The number of hydrogen-bond acceptors (Lipinski definition) is 2. The summed E-state index contributed by atoms with van der Waals surface area (Å²) < 4.78 is 5.69. The lowest BCUT2D eigenvalue weighted by molar-refractivity contribution is -0.120. The van der Waals surface area contributed by atoms with Crippen LogP contribution in [-0.4, -0.2) is 24.7 Å². The van der Waals surface area contributed by atoms with E-state index in [1.165, 1.54) is 19.8 Å². The number of amides is 1. The van der Waals surface area contributed by atoms with Gasteiger partial charge in [-0.1, -0.05) is 38.3 Å². The second-order valence-corrected chi connectivity index (χ2v) is 4.12. The van der Waals surface area contributed by atoms with Crippen LogP contribution >= 0.6 is 0 Å². The summed E-state index contributed by atoms with van der Waals surface area (Å²) in [5.74, 6) is -0.0578. The van der Waals surface area contributed by atoms with Crippen molar-refractivity contribution in [3.05, 3.63) is 25.3 Å². The first kappa shape index (κ1) is 15.9. The maximum Gasteiger partial charge on any atom is 0.217 e. The van der Waals surface area contributed by atoms with Gasteiger partial charge in [0, 0.05) is 6.92 Å². The highest BCUT2D eigenvalue weighted by atomic mass is 16.5. The van der Waals surface area contributed by atoms with E-state index in [4.69, 9.17) is 4.74 Å². The van der Waals surface area contributed by atoms with Gasteiger partial charge in [0.2, 0.25) is 5.91 Å². The first-order chi connectivity index (χ1) is 8.15. The molecular weight excluding hydrogens is 214 g/mol. The molecule has 0 fully saturated rings. The molecule has 0 aromatic heterocycles. The molecule has 0 aliphatic heterocycles. The maximum atomic E-state index is 11.1. The van der Waals surface area contributed by atoms with E-state index in [0.717, 1.165) is 12.8 Å². The Morgan fingerprint density at radius 3 is 2.59 bits per heavy atom. The zero-order valence-electron chi connectivity index (χ0n) is 11.1. The smallest absolute Gasteiger partial charge is 0.217 e. The molecule has 0 spiro atoms. The van der Waals surface area contributed by atoms with E-state index in [1.54, 1.807) is 12.2 Å². The second kappa shape index (κ2) is 10.1. The van der Waals surface area contributed by atoms with E-state index in [0.29, 0.717) is 6.61 Å². The minimum Gasteiger partial charge on any atom is -0.372 e. The van der Waals surface area contributed by atoms with Crippen LogP contribution in [-0.2, 0) is 9.53 Å². The van der Waals surface area contributed by atoms with Gasteiger partial charge in [-0.05, 0) is 6.42 Å². The van der Waals surface area contributed by atoms with Gasteiger partial charge in [-0.3, -0.25) is 4.79 Å². The number of nitrogens with one attached hydrogen (secondary N) is 1. The highest BCUT2D eigenvalue weighted by molar-refractivity contribution is 5.73. The number of ether oxygens (including phenoxy) is 1. The van der Waals surface area contributed by atoms with Crippen molar-refractivity contribution >= 4 is 5.91 Å². The van der Waals surface area contributed by atoms with E-state index >= 15 is 0 Å². The van der Waals surface area contributed by atoms with Gasteiger partial charge < -0.3 is 10.1 Å². The zero-order valence-corrected chi connectivity index (χ0v) is 11.1. The van der Waals surface area contributed by atoms with E-state index in [9.17, 15) is 4.79 Å². The summed E-state index contributed by atoms with van der Waals surface area (Å²) in [6.45, 7) is 11.6. The van der Waals surface area contributed by atoms with Crippen molar-refractivity contribution in [1.29, 1.82) is 0 Å². The topological polar surface area (TPSA) is 38.3 Å². The molecule has 3 heteroatoms. The summed E-state index contributed by atoms with van der Waals surface area (Å²) in [5, 5.41) is 2.85. The van der Waals surface area contributed by atoms with Crippen LogP contribution in [0.15, 0.2) is 25.3 Å². The van der Waals surface area contributed by atoms with Crippen molar-refractivity contribution in [2.45, 2.75) is 51.7 Å². The van der Waals surface area contributed by atoms with Gasteiger partial charge in [0.1, 0.15) is 0 Å². The average Bonchev–Trinajstić information content (AvgIpc) is 2.30. The number of carbonyl (C=O) groups excluding carboxylic acids is 1. The molecule has 98 valence electrons. The molecule has 0 aromatic carbocycles. The van der Waals surface area contributed by atoms with Gasteiger partial charge in [-0.25, -0.2) is 0 Å². The van der Waals surface area contributed by atoms with E-state index in [1.807, 2.05) is 0 Å². The highest BCUT2D eigenvalue weighted by Crippen LogP contribution is 2.12. The summed E-state index contributed by atoms with van der Waals surface area (Å²) in [6, 6.07) is -0.121. The molecule has 0 bridgehead atoms. The van der Waals surface area contributed by atoms with Crippen LogP contribution in [0.25, 0.3) is 0 Å². The number of unbranched alkanes of at least 4 members (excludes halogenated alkanes) is 2. The van der Waals surface area contributed by atoms with Gasteiger partial charge in [0.15, 0.2) is 0 Å². The predicted octanol–water partition coefficient (Wildman–Crippen LogP) is 2.83. The molecule has 1 amide bonds. The molecule has 1 N–H and O–H groups in total. The van der Waals surface area contributed by atoms with E-state index in [2.05, 4.69) is 25.4 Å². The molecule has 0 aliphatic carbocycles. The number of hydrogen-bond donors (Lipinski definition) is 1. The lowest BCUT2D eigenvalue weighted by Gasteiger charge is -2.25. The molecule has 0 heterocycles. The van der Waals surface area contributed by atoms with Crippen molar-refractivity contribution in [3.63, 3.8) is 0 Å². The SMILES string of the molecule is C=CCO[C@@H](CCCCC)[C@@H](C=C)NC(C)=O. The molecule has 0 unspecified atom stereocenters. The van der Waals surface area contributed by atoms with Crippen LogP contribution in [0.5, 0.6) is 0 Å². The van der Waals surface area contributed by atoms with E-state index in [-0.39, 0.29) is 18.1 Å². The molecule has 0 radical (unpaired) electrons. The van der Waals surface area contributed by atoms with Crippen molar-refractivity contribution in [2.75, 3.05) is 6.61 Å². The molecule has 0 saturated heterocycles.